The molecule has 0 radical (unpaired) electrons. The van der Waals surface area contributed by atoms with E-state index in [0.717, 1.165) is 11.1 Å². The van der Waals surface area contributed by atoms with Crippen molar-refractivity contribution in [3.05, 3.63) is 65.7 Å². The molecule has 1 heterocycles. The minimum absolute atomic E-state index is 0.129. The Morgan fingerprint density at radius 3 is 2.26 bits per heavy atom. The number of hydrogen-bond acceptors (Lipinski definition) is 5. The number of phenols is 1. The first-order chi connectivity index (χ1) is 15.0. The topological polar surface area (TPSA) is 108 Å². The van der Waals surface area contributed by atoms with Crippen molar-refractivity contribution < 1.29 is 24.2 Å². The number of rotatable bonds is 8. The number of urea groups is 1. The number of benzene rings is 2. The van der Waals surface area contributed by atoms with Crippen molar-refractivity contribution in [1.82, 2.24) is 15.5 Å². The number of nitrogens with one attached hydrogen (secondary N) is 2. The van der Waals surface area contributed by atoms with Gasteiger partial charge in [0, 0.05) is 19.5 Å². The molecule has 0 spiro atoms. The van der Waals surface area contributed by atoms with Crippen LogP contribution in [0, 0.1) is 0 Å². The van der Waals surface area contributed by atoms with Gasteiger partial charge in [-0.25, -0.2) is 4.79 Å². The molecule has 2 aromatic rings. The molecule has 3 amide bonds. The average Bonchev–Trinajstić information content (AvgIpc) is 2.80. The van der Waals surface area contributed by atoms with Gasteiger partial charge in [0.2, 0.25) is 5.91 Å². The van der Waals surface area contributed by atoms with Gasteiger partial charge in [-0.15, -0.1) is 0 Å². The fourth-order valence-corrected chi connectivity index (χ4v) is 3.37. The van der Waals surface area contributed by atoms with Crippen LogP contribution in [0.25, 0.3) is 0 Å². The first-order valence-electron chi connectivity index (χ1n) is 10.3. The van der Waals surface area contributed by atoms with Crippen molar-refractivity contribution in [3.63, 3.8) is 0 Å². The van der Waals surface area contributed by atoms with Gasteiger partial charge >= 0.3 is 6.03 Å². The average molecular weight is 425 g/mol. The Hall–Kier alpha value is -3.39. The lowest BCUT2D eigenvalue weighted by Gasteiger charge is -2.29. The first-order valence-corrected chi connectivity index (χ1v) is 10.3. The normalized spacial score (nSPS) is 15.5. The summed E-state index contributed by atoms with van der Waals surface area (Å²) in [7, 11) is 0. The van der Waals surface area contributed by atoms with E-state index in [1.807, 2.05) is 30.3 Å². The second-order valence-electron chi connectivity index (χ2n) is 7.41. The Morgan fingerprint density at radius 1 is 0.968 bits per heavy atom. The van der Waals surface area contributed by atoms with Crippen LogP contribution in [0.5, 0.6) is 5.75 Å². The van der Waals surface area contributed by atoms with E-state index in [0.29, 0.717) is 39.0 Å². The first kappa shape index (κ1) is 22.3. The SMILES string of the molecule is O=CC(Cc1ccc(O)cc1)NC(=O)C(Cc1ccccc1)NC(=O)N1CCOCC1. The Kier molecular flexibility index (Phi) is 8.00. The summed E-state index contributed by atoms with van der Waals surface area (Å²) in [5.41, 5.74) is 1.69. The maximum atomic E-state index is 13.0. The number of amides is 3. The third-order valence-corrected chi connectivity index (χ3v) is 5.08. The highest BCUT2D eigenvalue weighted by molar-refractivity contribution is 5.89. The van der Waals surface area contributed by atoms with E-state index in [4.69, 9.17) is 4.74 Å². The second-order valence-corrected chi connectivity index (χ2v) is 7.41. The van der Waals surface area contributed by atoms with Crippen molar-refractivity contribution in [3.8, 4) is 5.75 Å². The highest BCUT2D eigenvalue weighted by Gasteiger charge is 2.26. The molecular formula is C23H27N3O5. The summed E-state index contributed by atoms with van der Waals surface area (Å²) in [6, 6.07) is 13.9. The molecule has 1 aliphatic heterocycles. The zero-order valence-corrected chi connectivity index (χ0v) is 17.2. The molecule has 2 unspecified atom stereocenters. The molecule has 31 heavy (non-hydrogen) atoms. The van der Waals surface area contributed by atoms with Crippen LogP contribution in [0.3, 0.4) is 0 Å². The summed E-state index contributed by atoms with van der Waals surface area (Å²) in [6.07, 6.45) is 1.26. The van der Waals surface area contributed by atoms with E-state index in [9.17, 15) is 19.5 Å². The number of ether oxygens (including phenoxy) is 1. The molecule has 1 saturated heterocycles. The number of phenolic OH excluding ortho intramolecular Hbond substituents is 1. The van der Waals surface area contributed by atoms with Gasteiger partial charge < -0.3 is 30.2 Å². The highest BCUT2D eigenvalue weighted by Crippen LogP contribution is 2.11. The number of hydrogen-bond donors (Lipinski definition) is 3. The molecule has 0 bridgehead atoms. The van der Waals surface area contributed by atoms with Crippen LogP contribution in [0.15, 0.2) is 54.6 Å². The summed E-state index contributed by atoms with van der Waals surface area (Å²) in [5, 5.41) is 14.9. The van der Waals surface area contributed by atoms with E-state index in [1.165, 1.54) is 12.1 Å². The van der Waals surface area contributed by atoms with Crippen molar-refractivity contribution in [1.29, 1.82) is 0 Å². The summed E-state index contributed by atoms with van der Waals surface area (Å²) >= 11 is 0. The zero-order chi connectivity index (χ0) is 22.1. The molecule has 0 aromatic heterocycles. The predicted octanol–water partition coefficient (Wildman–Crippen LogP) is 1.27. The number of aromatic hydroxyl groups is 1. The van der Waals surface area contributed by atoms with Crippen molar-refractivity contribution in [2.24, 2.45) is 0 Å². The number of nitrogens with zero attached hydrogens (tertiary/aromatic N) is 1. The maximum absolute atomic E-state index is 13.0. The molecule has 0 aliphatic carbocycles. The van der Waals surface area contributed by atoms with E-state index in [-0.39, 0.29) is 18.2 Å². The molecular weight excluding hydrogens is 398 g/mol. The molecule has 8 heteroatoms. The quantitative estimate of drug-likeness (QED) is 0.552. The van der Waals surface area contributed by atoms with Gasteiger partial charge in [0.05, 0.1) is 19.3 Å². The number of carbonyl (C=O) groups is 3. The minimum atomic E-state index is -0.833. The van der Waals surface area contributed by atoms with Crippen molar-refractivity contribution in [2.45, 2.75) is 24.9 Å². The van der Waals surface area contributed by atoms with Crippen LogP contribution in [0.2, 0.25) is 0 Å². The third kappa shape index (κ3) is 6.82. The molecule has 3 rings (SSSR count). The van der Waals surface area contributed by atoms with E-state index in [1.54, 1.807) is 17.0 Å². The van der Waals surface area contributed by atoms with Gasteiger partial charge in [0.25, 0.3) is 0 Å². The fourth-order valence-electron chi connectivity index (χ4n) is 3.37. The standard InChI is InChI=1S/C23H27N3O5/c27-16-19(14-18-6-8-20(28)9-7-18)24-22(29)21(15-17-4-2-1-3-5-17)25-23(30)26-10-12-31-13-11-26/h1-9,16,19,21,28H,10-15H2,(H,24,29)(H,25,30). The third-order valence-electron chi connectivity index (χ3n) is 5.08. The monoisotopic (exact) mass is 425 g/mol. The van der Waals surface area contributed by atoms with Gasteiger partial charge in [-0.2, -0.15) is 0 Å². The summed E-state index contributed by atoms with van der Waals surface area (Å²) in [4.78, 5) is 38.9. The maximum Gasteiger partial charge on any atom is 0.318 e. The summed E-state index contributed by atoms with van der Waals surface area (Å²) in [6.45, 7) is 1.85. The molecule has 2 atom stereocenters. The lowest BCUT2D eigenvalue weighted by molar-refractivity contribution is -0.125. The minimum Gasteiger partial charge on any atom is -0.508 e. The van der Waals surface area contributed by atoms with Crippen LogP contribution in [-0.4, -0.2) is 66.6 Å². The highest BCUT2D eigenvalue weighted by atomic mass is 16.5. The summed E-state index contributed by atoms with van der Waals surface area (Å²) < 4.78 is 5.27. The zero-order valence-electron chi connectivity index (χ0n) is 17.2. The van der Waals surface area contributed by atoms with Crippen LogP contribution in [0.4, 0.5) is 4.79 Å². The fraction of sp³-hybridized carbons (Fsp3) is 0.348. The Bertz CT molecular complexity index is 867. The lowest BCUT2D eigenvalue weighted by Crippen LogP contribution is -2.55. The number of aldehydes is 1. The molecule has 1 fully saturated rings. The lowest BCUT2D eigenvalue weighted by atomic mass is 10.0. The molecule has 8 nitrogen and oxygen atoms in total. The van der Waals surface area contributed by atoms with Gasteiger partial charge in [0.15, 0.2) is 0 Å². The molecule has 1 aliphatic rings. The van der Waals surface area contributed by atoms with Gasteiger partial charge in [-0.1, -0.05) is 42.5 Å². The number of carbonyl (C=O) groups excluding carboxylic acids is 3. The van der Waals surface area contributed by atoms with E-state index < -0.39 is 18.0 Å². The molecule has 0 saturated carbocycles. The molecule has 164 valence electrons. The molecule has 3 N–H and O–H groups in total. The number of morpholine rings is 1. The molecule has 2 aromatic carbocycles. The Labute approximate surface area is 181 Å². The predicted molar refractivity (Wildman–Crippen MR) is 115 cm³/mol. The van der Waals surface area contributed by atoms with Crippen molar-refractivity contribution >= 4 is 18.2 Å². The second kappa shape index (κ2) is 11.1. The Morgan fingerprint density at radius 2 is 1.61 bits per heavy atom. The van der Waals surface area contributed by atoms with Crippen LogP contribution in [-0.2, 0) is 27.2 Å². The largest absolute Gasteiger partial charge is 0.508 e. The van der Waals surface area contributed by atoms with E-state index >= 15 is 0 Å². The van der Waals surface area contributed by atoms with Gasteiger partial charge in [0.1, 0.15) is 18.1 Å². The van der Waals surface area contributed by atoms with E-state index in [2.05, 4.69) is 10.6 Å². The van der Waals surface area contributed by atoms with Crippen LogP contribution >= 0.6 is 0 Å². The van der Waals surface area contributed by atoms with Crippen LogP contribution < -0.4 is 10.6 Å². The smallest absolute Gasteiger partial charge is 0.318 e. The van der Waals surface area contributed by atoms with Gasteiger partial charge in [-0.3, -0.25) is 4.79 Å². The van der Waals surface area contributed by atoms with Gasteiger partial charge in [-0.05, 0) is 29.7 Å². The summed E-state index contributed by atoms with van der Waals surface area (Å²) in [5.74, 6) is -0.300. The Balaban J connectivity index is 1.68. The van der Waals surface area contributed by atoms with Crippen LogP contribution in [0.1, 0.15) is 11.1 Å². The van der Waals surface area contributed by atoms with Crippen molar-refractivity contribution in [2.75, 3.05) is 26.3 Å².